The molecule has 0 aliphatic carbocycles. The van der Waals surface area contributed by atoms with Gasteiger partial charge in [-0.1, -0.05) is 52.4 Å². The van der Waals surface area contributed by atoms with Gasteiger partial charge in [-0.05, 0) is 19.3 Å². The number of rotatable bonds is 10. The molecule has 0 unspecified atom stereocenters. The lowest BCUT2D eigenvalue weighted by Gasteiger charge is -2.15. The first-order valence-corrected chi connectivity index (χ1v) is 9.08. The number of unbranched alkanes of at least 4 members (excludes halogenated alkanes) is 6. The predicted octanol–water partition coefficient (Wildman–Crippen LogP) is 4.46. The topological polar surface area (TPSA) is 46.6 Å². The number of carbonyl (C=O) groups excluding carboxylic acids is 2. The number of hydrogen-bond acceptors (Lipinski definition) is 3. The quantitative estimate of drug-likeness (QED) is 0.441. The second kappa shape index (κ2) is 8.32. The third kappa shape index (κ3) is 3.85. The Labute approximate surface area is 139 Å². The van der Waals surface area contributed by atoms with Crippen molar-refractivity contribution < 1.29 is 14.3 Å². The fourth-order valence-corrected chi connectivity index (χ4v) is 3.30. The first-order valence-electron chi connectivity index (χ1n) is 9.08. The number of allylic oxidation sites excluding steroid dienone is 2. The number of likely N-dealkylation sites (N-methyl/N-ethyl adjacent to an activating group) is 1. The molecular weight excluding hydrogens is 290 g/mol. The molecule has 4 heteroatoms. The zero-order chi connectivity index (χ0) is 16.8. The second-order valence-corrected chi connectivity index (χ2v) is 6.49. The minimum Gasteiger partial charge on any atom is -0.427 e. The number of carbonyl (C=O) groups is 2. The van der Waals surface area contributed by atoms with Crippen molar-refractivity contribution in [1.29, 1.82) is 0 Å². The Kier molecular flexibility index (Phi) is 6.43. The van der Waals surface area contributed by atoms with E-state index in [0.717, 1.165) is 37.8 Å². The van der Waals surface area contributed by atoms with Crippen LogP contribution in [-0.2, 0) is 14.3 Å². The van der Waals surface area contributed by atoms with Crippen molar-refractivity contribution in [2.24, 2.45) is 0 Å². The Morgan fingerprint density at radius 2 is 1.43 bits per heavy atom. The van der Waals surface area contributed by atoms with Crippen LogP contribution in [0.1, 0.15) is 78.1 Å². The molecule has 0 saturated heterocycles. The molecule has 0 N–H and O–H groups in total. The van der Waals surface area contributed by atoms with Crippen LogP contribution in [-0.4, -0.2) is 23.8 Å². The molecule has 0 atom stereocenters. The first kappa shape index (κ1) is 17.8. The molecule has 128 valence electrons. The van der Waals surface area contributed by atoms with Gasteiger partial charge in [0.2, 0.25) is 0 Å². The predicted molar refractivity (Wildman–Crippen MR) is 90.4 cm³/mol. The van der Waals surface area contributed by atoms with Gasteiger partial charge in [0.1, 0.15) is 5.76 Å². The lowest BCUT2D eigenvalue weighted by Crippen LogP contribution is -2.21. The summed E-state index contributed by atoms with van der Waals surface area (Å²) in [5.41, 5.74) is 1.94. The maximum Gasteiger partial charge on any atom is 0.345 e. The number of fused-ring (bicyclic) bond motifs is 1. The molecule has 2 rings (SSSR count). The van der Waals surface area contributed by atoms with Gasteiger partial charge >= 0.3 is 5.97 Å². The molecule has 2 heterocycles. The summed E-state index contributed by atoms with van der Waals surface area (Å²) in [6.07, 6.45) is 10.4. The molecule has 0 saturated carbocycles. The second-order valence-electron chi connectivity index (χ2n) is 6.49. The molecule has 0 bridgehead atoms. The van der Waals surface area contributed by atoms with E-state index in [4.69, 9.17) is 4.74 Å². The van der Waals surface area contributed by atoms with Gasteiger partial charge in [-0.15, -0.1) is 0 Å². The zero-order valence-corrected chi connectivity index (χ0v) is 14.7. The third-order valence-corrected chi connectivity index (χ3v) is 4.69. The molecule has 0 aromatic carbocycles. The first-order chi connectivity index (χ1) is 11.1. The van der Waals surface area contributed by atoms with Crippen molar-refractivity contribution in [3.05, 3.63) is 22.6 Å². The van der Waals surface area contributed by atoms with Crippen LogP contribution in [0.3, 0.4) is 0 Å². The van der Waals surface area contributed by atoms with E-state index >= 15 is 0 Å². The lowest BCUT2D eigenvalue weighted by atomic mass is 10.0. The molecule has 23 heavy (non-hydrogen) atoms. The van der Waals surface area contributed by atoms with Gasteiger partial charge in [0.05, 0.1) is 11.1 Å². The SMILES string of the molecule is CCCCCCC1=C2C(=O)N(C)C(CCCCCC)=C2C(=O)O1. The van der Waals surface area contributed by atoms with Crippen LogP contribution in [0.2, 0.25) is 0 Å². The summed E-state index contributed by atoms with van der Waals surface area (Å²) in [7, 11) is 1.78. The van der Waals surface area contributed by atoms with Crippen LogP contribution in [0.25, 0.3) is 0 Å². The molecule has 1 amide bonds. The molecule has 0 radical (unpaired) electrons. The molecule has 0 fully saturated rings. The summed E-state index contributed by atoms with van der Waals surface area (Å²) in [6, 6.07) is 0. The molecule has 4 nitrogen and oxygen atoms in total. The molecule has 2 aliphatic rings. The number of esters is 1. The summed E-state index contributed by atoms with van der Waals surface area (Å²) in [5, 5.41) is 0. The Hall–Kier alpha value is -1.58. The molecule has 0 spiro atoms. The average molecular weight is 319 g/mol. The van der Waals surface area contributed by atoms with Crippen molar-refractivity contribution in [3.63, 3.8) is 0 Å². The summed E-state index contributed by atoms with van der Waals surface area (Å²) >= 11 is 0. The van der Waals surface area contributed by atoms with E-state index in [-0.39, 0.29) is 11.9 Å². The summed E-state index contributed by atoms with van der Waals surface area (Å²) in [4.78, 5) is 26.4. The van der Waals surface area contributed by atoms with E-state index in [9.17, 15) is 9.59 Å². The van der Waals surface area contributed by atoms with Crippen molar-refractivity contribution in [3.8, 4) is 0 Å². The Morgan fingerprint density at radius 3 is 2.04 bits per heavy atom. The average Bonchev–Trinajstić information content (AvgIpc) is 2.98. The smallest absolute Gasteiger partial charge is 0.345 e. The van der Waals surface area contributed by atoms with E-state index in [1.807, 2.05) is 0 Å². The van der Waals surface area contributed by atoms with E-state index in [0.29, 0.717) is 23.3 Å². The normalized spacial score (nSPS) is 17.4. The number of amides is 1. The Morgan fingerprint density at radius 1 is 0.826 bits per heavy atom. The van der Waals surface area contributed by atoms with Gasteiger partial charge in [0, 0.05) is 19.2 Å². The van der Waals surface area contributed by atoms with Crippen LogP contribution in [0.5, 0.6) is 0 Å². The van der Waals surface area contributed by atoms with Crippen LogP contribution < -0.4 is 0 Å². The summed E-state index contributed by atoms with van der Waals surface area (Å²) < 4.78 is 5.42. The highest BCUT2D eigenvalue weighted by molar-refractivity contribution is 6.16. The third-order valence-electron chi connectivity index (χ3n) is 4.69. The van der Waals surface area contributed by atoms with Gasteiger partial charge < -0.3 is 9.64 Å². The van der Waals surface area contributed by atoms with Crippen LogP contribution in [0.15, 0.2) is 22.6 Å². The Balaban J connectivity index is 2.11. The van der Waals surface area contributed by atoms with Crippen molar-refractivity contribution >= 4 is 11.9 Å². The fraction of sp³-hybridized carbons (Fsp3) is 0.684. The monoisotopic (exact) mass is 319 g/mol. The maximum atomic E-state index is 12.5. The fourth-order valence-electron chi connectivity index (χ4n) is 3.30. The lowest BCUT2D eigenvalue weighted by molar-refractivity contribution is -0.133. The number of ether oxygens (including phenoxy) is 1. The summed E-state index contributed by atoms with van der Waals surface area (Å²) in [6.45, 7) is 4.34. The van der Waals surface area contributed by atoms with Gasteiger partial charge in [-0.2, -0.15) is 0 Å². The highest BCUT2D eigenvalue weighted by Gasteiger charge is 2.44. The van der Waals surface area contributed by atoms with Crippen LogP contribution in [0, 0.1) is 0 Å². The van der Waals surface area contributed by atoms with Gasteiger partial charge in [0.25, 0.3) is 5.91 Å². The highest BCUT2D eigenvalue weighted by atomic mass is 16.5. The number of hydrogen-bond donors (Lipinski definition) is 0. The van der Waals surface area contributed by atoms with Crippen LogP contribution in [0.4, 0.5) is 0 Å². The largest absolute Gasteiger partial charge is 0.427 e. The molecule has 0 aromatic rings. The van der Waals surface area contributed by atoms with Gasteiger partial charge in [-0.25, -0.2) is 4.79 Å². The van der Waals surface area contributed by atoms with Crippen molar-refractivity contribution in [2.75, 3.05) is 7.05 Å². The van der Waals surface area contributed by atoms with Crippen molar-refractivity contribution in [2.45, 2.75) is 78.1 Å². The maximum absolute atomic E-state index is 12.5. The summed E-state index contributed by atoms with van der Waals surface area (Å²) in [5.74, 6) is 0.206. The van der Waals surface area contributed by atoms with Crippen molar-refractivity contribution in [1.82, 2.24) is 4.90 Å². The standard InChI is InChI=1S/C19H29NO3/c1-4-6-8-10-12-14-16-17(18(21)20(14)3)15(23-19(16)22)13-11-9-7-5-2/h4-13H2,1-3H3. The number of cyclic esters (lactones) is 1. The molecular formula is C19H29NO3. The van der Waals surface area contributed by atoms with E-state index in [2.05, 4.69) is 13.8 Å². The highest BCUT2D eigenvalue weighted by Crippen LogP contribution is 2.40. The minimum atomic E-state index is -0.325. The van der Waals surface area contributed by atoms with Crippen LogP contribution >= 0.6 is 0 Å². The van der Waals surface area contributed by atoms with E-state index in [1.54, 1.807) is 11.9 Å². The van der Waals surface area contributed by atoms with E-state index in [1.165, 1.54) is 25.7 Å². The number of nitrogens with zero attached hydrogens (tertiary/aromatic N) is 1. The zero-order valence-electron chi connectivity index (χ0n) is 14.7. The van der Waals surface area contributed by atoms with Gasteiger partial charge in [0.15, 0.2) is 0 Å². The van der Waals surface area contributed by atoms with E-state index < -0.39 is 0 Å². The van der Waals surface area contributed by atoms with Gasteiger partial charge in [-0.3, -0.25) is 4.79 Å². The molecule has 2 aliphatic heterocycles. The molecule has 0 aromatic heterocycles. The minimum absolute atomic E-state index is 0.0677. The Bertz CT molecular complexity index is 531.